The smallest absolute Gasteiger partial charge is 0.656 e. The number of allylic oxidation sites excluding steroid dienone is 2. The molecule has 0 aliphatic heterocycles. The van der Waals surface area contributed by atoms with Gasteiger partial charge in [-0.15, -0.1) is 11.2 Å². The minimum Gasteiger partial charge on any atom is -0.656 e. The molecule has 0 spiro atoms. The van der Waals surface area contributed by atoms with Crippen LogP contribution in [0.2, 0.25) is 0 Å². The van der Waals surface area contributed by atoms with E-state index in [1.165, 1.54) is 20.3 Å². The molecule has 6 nitrogen and oxygen atoms in total. The van der Waals surface area contributed by atoms with Crippen molar-refractivity contribution in [2.75, 3.05) is 14.2 Å². The third kappa shape index (κ3) is 3.68. The van der Waals surface area contributed by atoms with E-state index in [0.29, 0.717) is 35.2 Å². The van der Waals surface area contributed by atoms with E-state index in [-0.39, 0.29) is 63.2 Å². The number of ketones is 1. The maximum atomic E-state index is 12.5. The van der Waals surface area contributed by atoms with Gasteiger partial charge in [-0.3, -0.25) is 9.59 Å². The van der Waals surface area contributed by atoms with Crippen LogP contribution in [0.15, 0.2) is 28.8 Å². The number of hydrogen-bond donors (Lipinski definition) is 1. The molecule has 26 heavy (non-hydrogen) atoms. The van der Waals surface area contributed by atoms with Crippen LogP contribution in [-0.4, -0.2) is 25.1 Å². The Balaban J connectivity index is 0.00000243. The molecule has 0 saturated heterocycles. The van der Waals surface area contributed by atoms with E-state index in [9.17, 15) is 14.7 Å². The van der Waals surface area contributed by atoms with Gasteiger partial charge in [0.05, 0.1) is 14.2 Å². The molecule has 0 bridgehead atoms. The molecule has 2 aromatic rings. The number of carbonyl (C=O) groups excluding carboxylic acids is 1. The normalized spacial score (nSPS) is 16.4. The summed E-state index contributed by atoms with van der Waals surface area (Å²) in [5, 5.41) is 10.7. The second-order valence-electron chi connectivity index (χ2n) is 6.99. The van der Waals surface area contributed by atoms with Gasteiger partial charge in [-0.2, -0.15) is 0 Å². The van der Waals surface area contributed by atoms with Crippen LogP contribution >= 0.6 is 0 Å². The zero-order chi connectivity index (χ0) is 18.4. The predicted molar refractivity (Wildman–Crippen MR) is 94.2 cm³/mol. The van der Waals surface area contributed by atoms with Gasteiger partial charge in [0, 0.05) is 23.8 Å². The minimum absolute atomic E-state index is 0. The molecule has 1 N–H and O–H groups in total. The molecule has 1 aliphatic carbocycles. The van der Waals surface area contributed by atoms with Crippen LogP contribution in [-0.2, 0) is 4.79 Å². The quantitative estimate of drug-likeness (QED) is 0.761. The Kier molecular flexibility index (Phi) is 5.90. The van der Waals surface area contributed by atoms with Crippen LogP contribution in [0.4, 0.5) is 0 Å². The fraction of sp³-hybridized carbons (Fsp3) is 0.368. The average Bonchev–Trinajstić information content (AvgIpc) is 2.51. The predicted octanol–water partition coefficient (Wildman–Crippen LogP) is -0.163. The molecular weight excluding hydrogens is 345 g/mol. The van der Waals surface area contributed by atoms with Gasteiger partial charge in [0.15, 0.2) is 22.7 Å². The van der Waals surface area contributed by atoms with Crippen molar-refractivity contribution in [1.29, 1.82) is 0 Å². The molecule has 0 fully saturated rings. The summed E-state index contributed by atoms with van der Waals surface area (Å²) in [6, 6.07) is 4.44. The number of rotatable bonds is 3. The van der Waals surface area contributed by atoms with Crippen molar-refractivity contribution in [3.05, 3.63) is 39.9 Å². The number of Topliss-reactive ketones (excluding diaryl/α,β-unsaturated/α-hetero) is 1. The first kappa shape index (κ1) is 20.6. The number of fused-ring (bicyclic) bond motifs is 1. The van der Waals surface area contributed by atoms with Crippen LogP contribution in [0, 0.1) is 5.41 Å². The molecular formula is C19H20NNaO5. The number of methoxy groups -OCH3 is 2. The Morgan fingerprint density at radius 1 is 1.04 bits per heavy atom. The number of pyridine rings is 1. The van der Waals surface area contributed by atoms with Crippen LogP contribution in [0.1, 0.15) is 32.4 Å². The third-order valence-electron chi connectivity index (χ3n) is 4.38. The number of aliphatic hydroxyl groups excluding tert-OH is 1. The maximum absolute atomic E-state index is 12.5. The van der Waals surface area contributed by atoms with Crippen molar-refractivity contribution in [3.63, 3.8) is 0 Å². The SMILES string of the molecule is COc1cc2[n-]c(C3=C(O)CC(C)(C)CC3=O)cc(=O)c2cc1OC.[Na+]. The summed E-state index contributed by atoms with van der Waals surface area (Å²) in [5.74, 6) is 0.640. The van der Waals surface area contributed by atoms with E-state index < -0.39 is 0 Å². The summed E-state index contributed by atoms with van der Waals surface area (Å²) >= 11 is 0. The fourth-order valence-electron chi connectivity index (χ4n) is 3.23. The van der Waals surface area contributed by atoms with Crippen molar-refractivity contribution in [3.8, 4) is 11.5 Å². The number of nitrogens with zero attached hydrogens (tertiary/aromatic N) is 1. The molecule has 0 radical (unpaired) electrons. The van der Waals surface area contributed by atoms with Gasteiger partial charge in [0.25, 0.3) is 0 Å². The maximum Gasteiger partial charge on any atom is 1.00 e. The number of benzene rings is 1. The van der Waals surface area contributed by atoms with Gasteiger partial charge >= 0.3 is 29.6 Å². The Labute approximate surface area is 173 Å². The molecule has 0 unspecified atom stereocenters. The molecule has 1 aromatic heterocycles. The van der Waals surface area contributed by atoms with E-state index in [2.05, 4.69) is 4.98 Å². The van der Waals surface area contributed by atoms with Gasteiger partial charge in [-0.05, 0) is 23.6 Å². The van der Waals surface area contributed by atoms with Crippen LogP contribution in [0.5, 0.6) is 11.5 Å². The Morgan fingerprint density at radius 3 is 2.23 bits per heavy atom. The number of ether oxygens (including phenoxy) is 2. The zero-order valence-corrected chi connectivity index (χ0v) is 17.7. The number of aromatic nitrogens is 1. The van der Waals surface area contributed by atoms with E-state index in [1.807, 2.05) is 13.8 Å². The number of hydrogen-bond acceptors (Lipinski definition) is 5. The molecule has 1 aliphatic rings. The summed E-state index contributed by atoms with van der Waals surface area (Å²) in [5.41, 5.74) is 0.117. The average molecular weight is 365 g/mol. The summed E-state index contributed by atoms with van der Waals surface area (Å²) in [4.78, 5) is 29.4. The first-order chi connectivity index (χ1) is 11.8. The Hall–Kier alpha value is -1.76. The van der Waals surface area contributed by atoms with E-state index in [0.717, 1.165) is 0 Å². The van der Waals surface area contributed by atoms with Gasteiger partial charge in [-0.25, -0.2) is 0 Å². The van der Waals surface area contributed by atoms with Crippen molar-refractivity contribution >= 4 is 22.3 Å². The fourth-order valence-corrected chi connectivity index (χ4v) is 3.23. The Bertz CT molecular complexity index is 958. The van der Waals surface area contributed by atoms with Gasteiger partial charge in [0.2, 0.25) is 0 Å². The van der Waals surface area contributed by atoms with E-state index >= 15 is 0 Å². The van der Waals surface area contributed by atoms with Gasteiger partial charge in [0.1, 0.15) is 5.76 Å². The standard InChI is InChI=1S/C19H21NO5.Na/c1-19(2)8-14(22)18(15(23)9-19)12-6-13(21)10-5-16(24-3)17(25-4)7-11(10)20-12;/h5-7H,8-9H2,1-4H3,(H2,20,21,22,23);/q;+1/p-1. The van der Waals surface area contributed by atoms with Crippen LogP contribution < -0.4 is 49.4 Å². The summed E-state index contributed by atoms with van der Waals surface area (Å²) in [7, 11) is 2.98. The molecule has 1 aromatic carbocycles. The number of carbonyl (C=O) groups is 1. The van der Waals surface area contributed by atoms with Crippen molar-refractivity contribution in [2.45, 2.75) is 26.7 Å². The largest absolute Gasteiger partial charge is 1.00 e. The van der Waals surface area contributed by atoms with Crippen LogP contribution in [0.3, 0.4) is 0 Å². The van der Waals surface area contributed by atoms with Gasteiger partial charge < -0.3 is 19.6 Å². The molecule has 0 atom stereocenters. The van der Waals surface area contributed by atoms with Crippen molar-refractivity contribution in [1.82, 2.24) is 4.98 Å². The molecule has 1 heterocycles. The third-order valence-corrected chi connectivity index (χ3v) is 4.38. The van der Waals surface area contributed by atoms with Crippen molar-refractivity contribution < 1.29 is 48.9 Å². The molecule has 3 rings (SSSR count). The number of aliphatic hydroxyl groups is 1. The van der Waals surface area contributed by atoms with Crippen molar-refractivity contribution in [2.24, 2.45) is 5.41 Å². The second kappa shape index (κ2) is 7.47. The molecule has 0 amide bonds. The molecule has 132 valence electrons. The first-order valence-corrected chi connectivity index (χ1v) is 7.95. The molecule has 7 heteroatoms. The molecule has 0 saturated carbocycles. The topological polar surface area (TPSA) is 86.9 Å². The van der Waals surface area contributed by atoms with Crippen LogP contribution in [0.25, 0.3) is 16.5 Å². The first-order valence-electron chi connectivity index (χ1n) is 7.95. The van der Waals surface area contributed by atoms with E-state index in [1.54, 1.807) is 12.1 Å². The second-order valence-corrected chi connectivity index (χ2v) is 6.99. The summed E-state index contributed by atoms with van der Waals surface area (Å²) in [6.07, 6.45) is 0.667. The summed E-state index contributed by atoms with van der Waals surface area (Å²) < 4.78 is 10.5. The monoisotopic (exact) mass is 365 g/mol. The summed E-state index contributed by atoms with van der Waals surface area (Å²) in [6.45, 7) is 3.84. The van der Waals surface area contributed by atoms with E-state index in [4.69, 9.17) is 9.47 Å². The minimum atomic E-state index is -0.307. The van der Waals surface area contributed by atoms with Gasteiger partial charge in [-0.1, -0.05) is 13.8 Å². The Morgan fingerprint density at radius 2 is 1.65 bits per heavy atom. The zero-order valence-electron chi connectivity index (χ0n) is 15.7.